The second-order valence-electron chi connectivity index (χ2n) is 7.84. The van der Waals surface area contributed by atoms with Gasteiger partial charge in [-0.15, -0.1) is 0 Å². The third-order valence-electron chi connectivity index (χ3n) is 4.15. The fourth-order valence-corrected chi connectivity index (χ4v) is 2.95. The van der Waals surface area contributed by atoms with Crippen molar-refractivity contribution in [3.63, 3.8) is 0 Å². The van der Waals surface area contributed by atoms with E-state index in [0.717, 1.165) is 19.6 Å². The quantitative estimate of drug-likeness (QED) is 0.834. The van der Waals surface area contributed by atoms with Crippen LogP contribution in [0.15, 0.2) is 0 Å². The van der Waals surface area contributed by atoms with Crippen molar-refractivity contribution in [3.05, 3.63) is 0 Å². The van der Waals surface area contributed by atoms with Crippen LogP contribution in [0.5, 0.6) is 0 Å². The summed E-state index contributed by atoms with van der Waals surface area (Å²) < 4.78 is 0. The molecule has 0 aromatic rings. The van der Waals surface area contributed by atoms with Crippen LogP contribution in [0.4, 0.5) is 0 Å². The van der Waals surface area contributed by atoms with Crippen molar-refractivity contribution in [1.29, 1.82) is 0 Å². The van der Waals surface area contributed by atoms with Gasteiger partial charge in [-0.3, -0.25) is 9.80 Å². The zero-order valence-corrected chi connectivity index (χ0v) is 13.3. The highest BCUT2D eigenvalue weighted by molar-refractivity contribution is 4.89. The van der Waals surface area contributed by atoms with Gasteiger partial charge < -0.3 is 5.73 Å². The smallest absolute Gasteiger partial charge is 0.0277 e. The topological polar surface area (TPSA) is 32.5 Å². The van der Waals surface area contributed by atoms with Crippen LogP contribution in [0.2, 0.25) is 0 Å². The fraction of sp³-hybridized carbons (Fsp3) is 1.00. The molecule has 0 saturated carbocycles. The first-order valence-electron chi connectivity index (χ1n) is 7.28. The molecule has 0 amide bonds. The van der Waals surface area contributed by atoms with Crippen LogP contribution < -0.4 is 5.73 Å². The Hall–Kier alpha value is -0.120. The van der Waals surface area contributed by atoms with Gasteiger partial charge in [0.05, 0.1) is 0 Å². The largest absolute Gasteiger partial charge is 0.330 e. The maximum atomic E-state index is 5.95. The zero-order valence-electron chi connectivity index (χ0n) is 13.3. The molecular weight excluding hydrogens is 222 g/mol. The number of rotatable bonds is 4. The molecule has 108 valence electrons. The zero-order chi connectivity index (χ0) is 14.0. The number of hydrogen-bond donors (Lipinski definition) is 1. The third kappa shape index (κ3) is 4.87. The predicted molar refractivity (Wildman–Crippen MR) is 79.8 cm³/mol. The molecule has 0 bridgehead atoms. The molecular formula is C15H33N3. The van der Waals surface area contributed by atoms with Gasteiger partial charge in [0.15, 0.2) is 0 Å². The van der Waals surface area contributed by atoms with Gasteiger partial charge in [0.2, 0.25) is 0 Å². The van der Waals surface area contributed by atoms with Crippen molar-refractivity contribution >= 4 is 0 Å². The summed E-state index contributed by atoms with van der Waals surface area (Å²) >= 11 is 0. The van der Waals surface area contributed by atoms with Crippen molar-refractivity contribution in [2.45, 2.75) is 46.6 Å². The third-order valence-corrected chi connectivity index (χ3v) is 4.15. The lowest BCUT2D eigenvalue weighted by atomic mass is 9.84. The van der Waals surface area contributed by atoms with Crippen LogP contribution >= 0.6 is 0 Å². The molecule has 18 heavy (non-hydrogen) atoms. The van der Waals surface area contributed by atoms with E-state index < -0.39 is 0 Å². The Balaban J connectivity index is 2.51. The highest BCUT2D eigenvalue weighted by atomic mass is 15.3. The molecule has 0 spiro atoms. The van der Waals surface area contributed by atoms with E-state index in [0.29, 0.717) is 16.9 Å². The first kappa shape index (κ1) is 15.9. The Morgan fingerprint density at radius 3 is 2.28 bits per heavy atom. The molecule has 0 aromatic carbocycles. The van der Waals surface area contributed by atoms with Gasteiger partial charge in [-0.05, 0) is 45.2 Å². The van der Waals surface area contributed by atoms with Crippen molar-refractivity contribution in [3.8, 4) is 0 Å². The highest BCUT2D eigenvalue weighted by Crippen LogP contribution is 2.26. The second kappa shape index (κ2) is 5.89. The van der Waals surface area contributed by atoms with Crippen LogP contribution in [0.25, 0.3) is 0 Å². The van der Waals surface area contributed by atoms with Crippen LogP contribution in [0.3, 0.4) is 0 Å². The normalized spacial score (nSPS) is 24.2. The lowest BCUT2D eigenvalue weighted by Crippen LogP contribution is -2.58. The summed E-state index contributed by atoms with van der Waals surface area (Å²) in [7, 11) is 2.23. The SMILES string of the molecule is CN1CCN(CC(CN)CC(C)(C)C)CC1(C)C. The molecule has 1 heterocycles. The average Bonchev–Trinajstić information content (AvgIpc) is 2.20. The number of likely N-dealkylation sites (N-methyl/N-ethyl adjacent to an activating group) is 1. The van der Waals surface area contributed by atoms with Crippen LogP contribution in [0, 0.1) is 11.3 Å². The first-order chi connectivity index (χ1) is 8.14. The molecule has 0 aliphatic carbocycles. The van der Waals surface area contributed by atoms with E-state index in [1.54, 1.807) is 0 Å². The standard InChI is InChI=1S/C15H33N3/c1-14(2,3)9-13(10-16)11-18-8-7-17(6)15(4,5)12-18/h13H,7-12,16H2,1-6H3. The van der Waals surface area contributed by atoms with Gasteiger partial charge in [-0.2, -0.15) is 0 Å². The molecule has 1 atom stereocenters. The first-order valence-corrected chi connectivity index (χ1v) is 7.28. The predicted octanol–water partition coefficient (Wildman–Crippen LogP) is 2.02. The molecule has 1 rings (SSSR count). The minimum atomic E-state index is 0.291. The molecule has 1 aliphatic heterocycles. The number of nitrogens with two attached hydrogens (primary N) is 1. The van der Waals surface area contributed by atoms with Gasteiger partial charge >= 0.3 is 0 Å². The van der Waals surface area contributed by atoms with Crippen molar-refractivity contribution in [2.75, 3.05) is 39.8 Å². The van der Waals surface area contributed by atoms with Crippen molar-refractivity contribution in [2.24, 2.45) is 17.1 Å². The lowest BCUT2D eigenvalue weighted by molar-refractivity contribution is 0.0294. The molecule has 1 saturated heterocycles. The van der Waals surface area contributed by atoms with Gasteiger partial charge in [0, 0.05) is 31.7 Å². The van der Waals surface area contributed by atoms with E-state index in [4.69, 9.17) is 5.73 Å². The van der Waals surface area contributed by atoms with Gasteiger partial charge in [0.1, 0.15) is 0 Å². The van der Waals surface area contributed by atoms with Crippen molar-refractivity contribution in [1.82, 2.24) is 9.80 Å². The maximum absolute atomic E-state index is 5.95. The molecule has 3 nitrogen and oxygen atoms in total. The summed E-state index contributed by atoms with van der Waals surface area (Å²) in [5.41, 5.74) is 6.63. The number of hydrogen-bond acceptors (Lipinski definition) is 3. The molecule has 1 unspecified atom stereocenters. The minimum Gasteiger partial charge on any atom is -0.330 e. The van der Waals surface area contributed by atoms with Crippen molar-refractivity contribution < 1.29 is 0 Å². The van der Waals surface area contributed by atoms with Crippen LogP contribution in [-0.2, 0) is 0 Å². The molecule has 3 heteroatoms. The van der Waals surface area contributed by atoms with Gasteiger partial charge in [0.25, 0.3) is 0 Å². The number of piperazine rings is 1. The number of nitrogens with zero attached hydrogens (tertiary/aromatic N) is 2. The maximum Gasteiger partial charge on any atom is 0.0277 e. The van der Waals surface area contributed by atoms with E-state index in [9.17, 15) is 0 Å². The summed E-state index contributed by atoms with van der Waals surface area (Å²) in [6.45, 7) is 17.1. The summed E-state index contributed by atoms with van der Waals surface area (Å²) in [6, 6.07) is 0. The molecule has 0 aromatic heterocycles. The van der Waals surface area contributed by atoms with E-state index in [1.807, 2.05) is 0 Å². The summed E-state index contributed by atoms with van der Waals surface area (Å²) in [5, 5.41) is 0. The molecule has 1 fully saturated rings. The minimum absolute atomic E-state index is 0.291. The highest BCUT2D eigenvalue weighted by Gasteiger charge is 2.32. The monoisotopic (exact) mass is 255 g/mol. The summed E-state index contributed by atoms with van der Waals surface area (Å²) in [4.78, 5) is 5.06. The Morgan fingerprint density at radius 1 is 1.22 bits per heavy atom. The Morgan fingerprint density at radius 2 is 1.83 bits per heavy atom. The molecule has 0 radical (unpaired) electrons. The van der Waals surface area contributed by atoms with E-state index >= 15 is 0 Å². The summed E-state index contributed by atoms with van der Waals surface area (Å²) in [5.74, 6) is 0.629. The molecule has 2 N–H and O–H groups in total. The fourth-order valence-electron chi connectivity index (χ4n) is 2.95. The molecule has 1 aliphatic rings. The Kier molecular flexibility index (Phi) is 5.22. The lowest BCUT2D eigenvalue weighted by Gasteiger charge is -2.46. The van der Waals surface area contributed by atoms with Gasteiger partial charge in [-0.1, -0.05) is 20.8 Å². The average molecular weight is 255 g/mol. The Bertz CT molecular complexity index is 255. The Labute approximate surface area is 114 Å². The second-order valence-corrected chi connectivity index (χ2v) is 7.84. The van der Waals surface area contributed by atoms with Gasteiger partial charge in [-0.25, -0.2) is 0 Å². The van der Waals surface area contributed by atoms with E-state index in [2.05, 4.69) is 51.5 Å². The summed E-state index contributed by atoms with van der Waals surface area (Å²) in [6.07, 6.45) is 1.22. The van der Waals surface area contributed by atoms with Crippen LogP contribution in [0.1, 0.15) is 41.0 Å². The van der Waals surface area contributed by atoms with E-state index in [1.165, 1.54) is 19.5 Å². The van der Waals surface area contributed by atoms with E-state index in [-0.39, 0.29) is 0 Å². The van der Waals surface area contributed by atoms with Crippen LogP contribution in [-0.4, -0.2) is 55.1 Å².